The second-order valence-electron chi connectivity index (χ2n) is 7.39. The molecule has 1 saturated heterocycles. The Hall–Kier alpha value is -2.91. The van der Waals surface area contributed by atoms with Gasteiger partial charge in [0, 0.05) is 45.2 Å². The number of benzene rings is 1. The average molecular weight is 429 g/mol. The summed E-state index contributed by atoms with van der Waals surface area (Å²) in [5.74, 6) is 0.590. The van der Waals surface area contributed by atoms with Crippen molar-refractivity contribution in [2.45, 2.75) is 11.7 Å². The molecule has 0 saturated carbocycles. The number of imidazole rings is 1. The van der Waals surface area contributed by atoms with Crippen molar-refractivity contribution in [3.05, 3.63) is 59.9 Å². The number of hydrogen-bond donors (Lipinski definition) is 0. The number of pyridine rings is 1. The molecule has 3 heterocycles. The minimum Gasteiger partial charge on any atom is -0.497 e. The van der Waals surface area contributed by atoms with Gasteiger partial charge in [0.1, 0.15) is 5.75 Å². The van der Waals surface area contributed by atoms with Crippen LogP contribution in [0.3, 0.4) is 0 Å². The van der Waals surface area contributed by atoms with E-state index in [1.165, 1.54) is 9.96 Å². The predicted octanol–water partition coefficient (Wildman–Crippen LogP) is 1.70. The number of ether oxygens (including phenoxy) is 1. The number of methoxy groups -OCH3 is 1. The Bertz CT molecular complexity index is 1160. The van der Waals surface area contributed by atoms with E-state index in [0.29, 0.717) is 18.6 Å². The highest BCUT2D eigenvalue weighted by molar-refractivity contribution is 7.90. The van der Waals surface area contributed by atoms with E-state index >= 15 is 0 Å². The van der Waals surface area contributed by atoms with Crippen molar-refractivity contribution in [3.63, 3.8) is 0 Å². The molecule has 1 aliphatic rings. The van der Waals surface area contributed by atoms with Gasteiger partial charge in [-0.05, 0) is 29.8 Å². The molecule has 1 aliphatic heterocycles. The summed E-state index contributed by atoms with van der Waals surface area (Å²) in [4.78, 5) is 21.3. The van der Waals surface area contributed by atoms with Crippen LogP contribution in [0.25, 0.3) is 5.52 Å². The van der Waals surface area contributed by atoms with Crippen molar-refractivity contribution in [1.29, 1.82) is 0 Å². The summed E-state index contributed by atoms with van der Waals surface area (Å²) < 4.78 is 30.8. The highest BCUT2D eigenvalue weighted by Crippen LogP contribution is 2.20. The van der Waals surface area contributed by atoms with Gasteiger partial charge in [-0.15, -0.1) is 0 Å². The fraction of sp³-hybridized carbons (Fsp3) is 0.333. The van der Waals surface area contributed by atoms with Crippen LogP contribution in [0.4, 0.5) is 0 Å². The van der Waals surface area contributed by atoms with E-state index < -0.39 is 9.84 Å². The lowest BCUT2D eigenvalue weighted by molar-refractivity contribution is 0.0625. The van der Waals surface area contributed by atoms with Gasteiger partial charge in [0.15, 0.2) is 5.69 Å². The SMILES string of the molecule is COc1ccc(CN2CCN(C(=O)c3nc(S(C)(=O)=O)n4ccccc34)CC2)cc1. The molecule has 9 heteroatoms. The van der Waals surface area contributed by atoms with Crippen LogP contribution in [0.2, 0.25) is 0 Å². The maximum absolute atomic E-state index is 13.1. The molecule has 8 nitrogen and oxygen atoms in total. The number of amides is 1. The van der Waals surface area contributed by atoms with Crippen molar-refractivity contribution >= 4 is 21.3 Å². The summed E-state index contributed by atoms with van der Waals surface area (Å²) in [6, 6.07) is 13.2. The van der Waals surface area contributed by atoms with Crippen LogP contribution in [-0.4, -0.2) is 73.1 Å². The molecule has 1 aromatic carbocycles. The van der Waals surface area contributed by atoms with Crippen LogP contribution in [0.1, 0.15) is 16.1 Å². The predicted molar refractivity (Wildman–Crippen MR) is 112 cm³/mol. The molecule has 0 aliphatic carbocycles. The number of piperazine rings is 1. The first-order chi connectivity index (χ1) is 14.4. The average Bonchev–Trinajstić information content (AvgIpc) is 3.15. The lowest BCUT2D eigenvalue weighted by atomic mass is 10.2. The second-order valence-corrected chi connectivity index (χ2v) is 9.30. The van der Waals surface area contributed by atoms with Gasteiger partial charge in [-0.25, -0.2) is 13.4 Å². The zero-order chi connectivity index (χ0) is 21.3. The molecule has 1 fully saturated rings. The van der Waals surface area contributed by atoms with Crippen molar-refractivity contribution < 1.29 is 17.9 Å². The molecular formula is C21H24N4O4S. The van der Waals surface area contributed by atoms with Crippen molar-refractivity contribution in [2.75, 3.05) is 39.5 Å². The number of hydrogen-bond acceptors (Lipinski definition) is 6. The first kappa shape index (κ1) is 20.4. The van der Waals surface area contributed by atoms with E-state index in [1.807, 2.05) is 24.3 Å². The molecule has 0 bridgehead atoms. The summed E-state index contributed by atoms with van der Waals surface area (Å²) in [5, 5.41) is -0.111. The maximum Gasteiger partial charge on any atom is 0.274 e. The third kappa shape index (κ3) is 4.03. The largest absolute Gasteiger partial charge is 0.497 e. The number of rotatable bonds is 5. The topological polar surface area (TPSA) is 84.2 Å². The summed E-state index contributed by atoms with van der Waals surface area (Å²) >= 11 is 0. The monoisotopic (exact) mass is 428 g/mol. The first-order valence-electron chi connectivity index (χ1n) is 9.68. The molecule has 158 valence electrons. The Morgan fingerprint density at radius 1 is 1.07 bits per heavy atom. The highest BCUT2D eigenvalue weighted by atomic mass is 32.2. The number of aromatic nitrogens is 2. The van der Waals surface area contributed by atoms with Gasteiger partial charge in [-0.1, -0.05) is 18.2 Å². The summed E-state index contributed by atoms with van der Waals surface area (Å²) in [7, 11) is -1.91. The normalized spacial score (nSPS) is 15.5. The van der Waals surface area contributed by atoms with E-state index in [2.05, 4.69) is 9.88 Å². The van der Waals surface area contributed by atoms with E-state index in [1.54, 1.807) is 36.4 Å². The van der Waals surface area contributed by atoms with Gasteiger partial charge in [-0.3, -0.25) is 14.1 Å². The molecule has 0 unspecified atom stereocenters. The fourth-order valence-electron chi connectivity index (χ4n) is 3.68. The van der Waals surface area contributed by atoms with Crippen molar-refractivity contribution in [2.24, 2.45) is 0 Å². The minimum atomic E-state index is -3.56. The van der Waals surface area contributed by atoms with E-state index in [4.69, 9.17) is 4.74 Å². The summed E-state index contributed by atoms with van der Waals surface area (Å²) in [6.45, 7) is 3.41. The van der Waals surface area contributed by atoms with Crippen molar-refractivity contribution in [3.8, 4) is 5.75 Å². The van der Waals surface area contributed by atoms with Gasteiger partial charge < -0.3 is 9.64 Å². The summed E-state index contributed by atoms with van der Waals surface area (Å²) in [5.41, 5.74) is 1.87. The van der Waals surface area contributed by atoms with Crippen LogP contribution in [0, 0.1) is 0 Å². The molecule has 1 amide bonds. The molecule has 2 aromatic heterocycles. The van der Waals surface area contributed by atoms with Gasteiger partial charge in [0.2, 0.25) is 15.0 Å². The zero-order valence-electron chi connectivity index (χ0n) is 17.0. The van der Waals surface area contributed by atoms with E-state index in [0.717, 1.165) is 31.6 Å². The molecule has 3 aromatic rings. The number of sulfone groups is 1. The molecule has 4 rings (SSSR count). The lowest BCUT2D eigenvalue weighted by Gasteiger charge is -2.34. The van der Waals surface area contributed by atoms with Gasteiger partial charge in [0.05, 0.1) is 12.6 Å². The Morgan fingerprint density at radius 2 is 1.77 bits per heavy atom. The van der Waals surface area contributed by atoms with Crippen LogP contribution in [0.15, 0.2) is 53.8 Å². The Kier molecular flexibility index (Phi) is 5.48. The Morgan fingerprint density at radius 3 is 2.40 bits per heavy atom. The third-order valence-electron chi connectivity index (χ3n) is 5.27. The van der Waals surface area contributed by atoms with Crippen molar-refractivity contribution in [1.82, 2.24) is 19.2 Å². The summed E-state index contributed by atoms with van der Waals surface area (Å²) in [6.07, 6.45) is 2.71. The van der Waals surface area contributed by atoms with E-state index in [-0.39, 0.29) is 16.8 Å². The molecule has 0 radical (unpaired) electrons. The molecule has 30 heavy (non-hydrogen) atoms. The molecule has 0 atom stereocenters. The highest BCUT2D eigenvalue weighted by Gasteiger charge is 2.28. The Labute approximate surface area is 175 Å². The lowest BCUT2D eigenvalue weighted by Crippen LogP contribution is -2.48. The third-order valence-corrected chi connectivity index (χ3v) is 6.23. The maximum atomic E-state index is 13.1. The van der Waals surface area contributed by atoms with E-state index in [9.17, 15) is 13.2 Å². The van der Waals surface area contributed by atoms with Crippen LogP contribution >= 0.6 is 0 Å². The quantitative estimate of drug-likeness (QED) is 0.615. The van der Waals surface area contributed by atoms with Crippen LogP contribution in [0.5, 0.6) is 5.75 Å². The second kappa shape index (κ2) is 8.08. The van der Waals surface area contributed by atoms with Crippen LogP contribution in [-0.2, 0) is 16.4 Å². The number of fused-ring (bicyclic) bond motifs is 1. The molecule has 0 spiro atoms. The number of carbonyl (C=O) groups is 1. The van der Waals surface area contributed by atoms with Gasteiger partial charge in [0.25, 0.3) is 5.91 Å². The smallest absolute Gasteiger partial charge is 0.274 e. The first-order valence-corrected chi connectivity index (χ1v) is 11.6. The Balaban J connectivity index is 1.47. The number of carbonyl (C=O) groups excluding carboxylic acids is 1. The van der Waals surface area contributed by atoms with Gasteiger partial charge in [-0.2, -0.15) is 0 Å². The minimum absolute atomic E-state index is 0.111. The van der Waals surface area contributed by atoms with Crippen LogP contribution < -0.4 is 4.74 Å². The molecular weight excluding hydrogens is 404 g/mol. The van der Waals surface area contributed by atoms with Gasteiger partial charge >= 0.3 is 0 Å². The standard InChI is InChI=1S/C21H24N4O4S/c1-29-17-8-6-16(7-9-17)15-23-11-13-24(14-12-23)20(26)19-18-5-3-4-10-25(18)21(22-19)30(2,27)28/h3-10H,11-15H2,1-2H3. The zero-order valence-corrected chi connectivity index (χ0v) is 17.8. The number of nitrogens with zero attached hydrogens (tertiary/aromatic N) is 4. The molecule has 0 N–H and O–H groups in total. The fourth-order valence-corrected chi connectivity index (χ4v) is 4.45.